The maximum Gasteiger partial charge on any atom is 0.278 e. The van der Waals surface area contributed by atoms with E-state index in [0.29, 0.717) is 27.7 Å². The highest BCUT2D eigenvalue weighted by atomic mass is 35.5. The minimum atomic E-state index is -0.344. The van der Waals surface area contributed by atoms with Crippen LogP contribution in [0.2, 0.25) is 5.02 Å². The van der Waals surface area contributed by atoms with Crippen LogP contribution in [0.3, 0.4) is 0 Å². The molecule has 1 N–H and O–H groups in total. The number of benzene rings is 2. The molecular formula is C24H20ClN7O. The molecule has 3 heterocycles. The van der Waals surface area contributed by atoms with Gasteiger partial charge in [0.25, 0.3) is 5.91 Å². The Morgan fingerprint density at radius 2 is 2.06 bits per heavy atom. The van der Waals surface area contributed by atoms with Gasteiger partial charge in [-0.3, -0.25) is 4.79 Å². The first-order valence-electron chi connectivity index (χ1n) is 10.6. The number of nitrogens with zero attached hydrogens (tertiary/aromatic N) is 6. The maximum absolute atomic E-state index is 13.1. The first-order valence-corrected chi connectivity index (χ1v) is 11.0. The summed E-state index contributed by atoms with van der Waals surface area (Å²) in [6.45, 7) is 1.88. The van der Waals surface area contributed by atoms with E-state index in [1.165, 1.54) is 0 Å². The van der Waals surface area contributed by atoms with Gasteiger partial charge in [0.2, 0.25) is 0 Å². The number of carbonyl (C=O) groups excluding carboxylic acids is 1. The number of aromatic nitrogens is 5. The molecule has 0 radical (unpaired) electrons. The molecule has 33 heavy (non-hydrogen) atoms. The Hall–Kier alpha value is -3.96. The fourth-order valence-corrected chi connectivity index (χ4v) is 4.35. The zero-order valence-corrected chi connectivity index (χ0v) is 18.6. The highest BCUT2D eigenvalue weighted by molar-refractivity contribution is 6.30. The molecule has 1 aliphatic rings. The standard InChI is InChI=1S/C24H20ClN7O/c1-15-13-31(14-27-15)20-10-9-19(11-17(20)12-26)28-24(33)23-22-4-2-3-21(32(22)30-29-23)16-5-7-18(25)8-6-16/h5-11,13-14,21H,2-4H2,1H3,(H,28,33). The highest BCUT2D eigenvalue weighted by Crippen LogP contribution is 2.31. The molecule has 0 saturated carbocycles. The van der Waals surface area contributed by atoms with Crippen LogP contribution in [0.5, 0.6) is 0 Å². The van der Waals surface area contributed by atoms with Crippen LogP contribution in [-0.2, 0) is 6.42 Å². The Morgan fingerprint density at radius 1 is 1.24 bits per heavy atom. The van der Waals surface area contributed by atoms with Crippen LogP contribution in [0, 0.1) is 18.3 Å². The summed E-state index contributed by atoms with van der Waals surface area (Å²) >= 11 is 6.03. The Balaban J connectivity index is 1.40. The Morgan fingerprint density at radius 3 is 2.79 bits per heavy atom. The second-order valence-corrected chi connectivity index (χ2v) is 8.45. The van der Waals surface area contributed by atoms with Gasteiger partial charge in [0.05, 0.1) is 35.0 Å². The van der Waals surface area contributed by atoms with Gasteiger partial charge in [0.15, 0.2) is 5.69 Å². The van der Waals surface area contributed by atoms with Crippen LogP contribution in [0.25, 0.3) is 5.69 Å². The number of nitriles is 1. The quantitative estimate of drug-likeness (QED) is 0.487. The lowest BCUT2D eigenvalue weighted by atomic mass is 9.96. The number of imidazole rings is 1. The zero-order chi connectivity index (χ0) is 22.9. The number of hydrogen-bond donors (Lipinski definition) is 1. The molecule has 0 fully saturated rings. The van der Waals surface area contributed by atoms with E-state index in [-0.39, 0.29) is 11.9 Å². The molecule has 164 valence electrons. The second-order valence-electron chi connectivity index (χ2n) is 8.01. The number of carbonyl (C=O) groups is 1. The predicted octanol–water partition coefficient (Wildman–Crippen LogP) is 4.48. The SMILES string of the molecule is Cc1cn(-c2ccc(NC(=O)c3nnn4c3CCCC4c3ccc(Cl)cc3)cc2C#N)cn1. The summed E-state index contributed by atoms with van der Waals surface area (Å²) in [4.78, 5) is 17.3. The summed E-state index contributed by atoms with van der Waals surface area (Å²) < 4.78 is 3.62. The molecule has 0 saturated heterocycles. The van der Waals surface area contributed by atoms with Crippen molar-refractivity contribution in [1.29, 1.82) is 5.26 Å². The lowest BCUT2D eigenvalue weighted by molar-refractivity contribution is 0.102. The van der Waals surface area contributed by atoms with E-state index in [4.69, 9.17) is 11.6 Å². The Kier molecular flexibility index (Phi) is 5.40. The first-order chi connectivity index (χ1) is 16.0. The van der Waals surface area contributed by atoms with Crippen molar-refractivity contribution in [3.05, 3.63) is 88.2 Å². The number of amides is 1. The van der Waals surface area contributed by atoms with Gasteiger partial charge in [-0.25, -0.2) is 9.67 Å². The third-order valence-electron chi connectivity index (χ3n) is 5.81. The van der Waals surface area contributed by atoms with Gasteiger partial charge in [-0.05, 0) is 62.1 Å². The summed E-state index contributed by atoms with van der Waals surface area (Å²) in [6, 6.07) is 15.1. The molecule has 1 unspecified atom stereocenters. The molecule has 0 aliphatic carbocycles. The van der Waals surface area contributed by atoms with Crippen molar-refractivity contribution in [2.75, 3.05) is 5.32 Å². The molecule has 1 amide bonds. The first kappa shape index (κ1) is 20.9. The van der Waals surface area contributed by atoms with Crippen molar-refractivity contribution in [3.63, 3.8) is 0 Å². The highest BCUT2D eigenvalue weighted by Gasteiger charge is 2.28. The van der Waals surface area contributed by atoms with Crippen molar-refractivity contribution in [2.24, 2.45) is 0 Å². The van der Waals surface area contributed by atoms with Crippen LogP contribution < -0.4 is 5.32 Å². The number of nitrogens with one attached hydrogen (secondary N) is 1. The fraction of sp³-hybridized carbons (Fsp3) is 0.208. The van der Waals surface area contributed by atoms with Crippen molar-refractivity contribution in [2.45, 2.75) is 32.2 Å². The van der Waals surface area contributed by atoms with E-state index >= 15 is 0 Å². The largest absolute Gasteiger partial charge is 0.320 e. The molecule has 1 aliphatic heterocycles. The third kappa shape index (κ3) is 3.99. The molecule has 4 aromatic rings. The summed E-state index contributed by atoms with van der Waals surface area (Å²) in [7, 11) is 0. The van der Waals surface area contributed by atoms with Crippen LogP contribution in [0.15, 0.2) is 55.0 Å². The minimum Gasteiger partial charge on any atom is -0.320 e. The molecule has 8 nitrogen and oxygen atoms in total. The van der Waals surface area contributed by atoms with Crippen molar-refractivity contribution < 1.29 is 4.79 Å². The maximum atomic E-state index is 13.1. The summed E-state index contributed by atoms with van der Waals surface area (Å²) in [5.74, 6) is -0.344. The van der Waals surface area contributed by atoms with E-state index in [0.717, 1.165) is 36.2 Å². The van der Waals surface area contributed by atoms with Gasteiger partial charge >= 0.3 is 0 Å². The van der Waals surface area contributed by atoms with Crippen molar-refractivity contribution >= 4 is 23.2 Å². The topological polar surface area (TPSA) is 101 Å². The monoisotopic (exact) mass is 457 g/mol. The molecule has 0 bridgehead atoms. The molecule has 1 atom stereocenters. The number of aryl methyl sites for hydroxylation is 1. The average Bonchev–Trinajstić information content (AvgIpc) is 3.46. The zero-order valence-electron chi connectivity index (χ0n) is 17.9. The van der Waals surface area contributed by atoms with Crippen molar-refractivity contribution in [1.82, 2.24) is 24.5 Å². The smallest absolute Gasteiger partial charge is 0.278 e. The van der Waals surface area contributed by atoms with E-state index in [2.05, 4.69) is 26.7 Å². The normalized spacial score (nSPS) is 15.0. The summed E-state index contributed by atoms with van der Waals surface area (Å²) in [6.07, 6.45) is 6.07. The van der Waals surface area contributed by atoms with E-state index in [1.54, 1.807) is 29.1 Å². The number of fused-ring (bicyclic) bond motifs is 1. The van der Waals surface area contributed by atoms with Crippen LogP contribution in [0.1, 0.15) is 51.9 Å². The van der Waals surface area contributed by atoms with E-state index < -0.39 is 0 Å². The Labute approximate surface area is 195 Å². The average molecular weight is 458 g/mol. The van der Waals surface area contributed by atoms with Gasteiger partial charge < -0.3 is 9.88 Å². The predicted molar refractivity (Wildman–Crippen MR) is 124 cm³/mol. The lowest BCUT2D eigenvalue weighted by Crippen LogP contribution is -2.22. The van der Waals surface area contributed by atoms with Crippen LogP contribution in [-0.4, -0.2) is 30.5 Å². The third-order valence-corrected chi connectivity index (χ3v) is 6.06. The van der Waals surface area contributed by atoms with E-state index in [1.807, 2.05) is 42.1 Å². The van der Waals surface area contributed by atoms with Gasteiger partial charge in [0, 0.05) is 16.9 Å². The molecule has 2 aromatic heterocycles. The molecular weight excluding hydrogens is 438 g/mol. The number of rotatable bonds is 4. The molecule has 9 heteroatoms. The van der Waals surface area contributed by atoms with Gasteiger partial charge in [-0.2, -0.15) is 5.26 Å². The minimum absolute atomic E-state index is 0.0168. The van der Waals surface area contributed by atoms with Crippen LogP contribution in [0.4, 0.5) is 5.69 Å². The summed E-state index contributed by atoms with van der Waals surface area (Å²) in [5.41, 5.74) is 4.70. The van der Waals surface area contributed by atoms with Crippen molar-refractivity contribution in [3.8, 4) is 11.8 Å². The molecule has 0 spiro atoms. The number of anilines is 1. The van der Waals surface area contributed by atoms with Gasteiger partial charge in [-0.1, -0.05) is 28.9 Å². The lowest BCUT2D eigenvalue weighted by Gasteiger charge is -2.24. The van der Waals surface area contributed by atoms with Gasteiger partial charge in [0.1, 0.15) is 6.07 Å². The van der Waals surface area contributed by atoms with Gasteiger partial charge in [-0.15, -0.1) is 5.10 Å². The number of halogens is 1. The Bertz CT molecular complexity index is 1380. The van der Waals surface area contributed by atoms with E-state index in [9.17, 15) is 10.1 Å². The second kappa shape index (κ2) is 8.52. The molecule has 5 rings (SSSR count). The van der Waals surface area contributed by atoms with Crippen LogP contribution >= 0.6 is 11.6 Å². The number of hydrogen-bond acceptors (Lipinski definition) is 5. The molecule has 2 aromatic carbocycles. The fourth-order valence-electron chi connectivity index (χ4n) is 4.22. The summed E-state index contributed by atoms with van der Waals surface area (Å²) in [5, 5.41) is 21.7.